The van der Waals surface area contributed by atoms with Gasteiger partial charge in [-0.1, -0.05) is 11.6 Å². The van der Waals surface area contributed by atoms with Crippen LogP contribution in [0, 0.1) is 5.82 Å². The van der Waals surface area contributed by atoms with Crippen molar-refractivity contribution < 1.29 is 9.13 Å². The van der Waals surface area contributed by atoms with Gasteiger partial charge in [0.15, 0.2) is 5.65 Å². The van der Waals surface area contributed by atoms with Crippen LogP contribution in [0.25, 0.3) is 11.2 Å². The molecule has 0 fully saturated rings. The lowest BCUT2D eigenvalue weighted by atomic mass is 10.3. The summed E-state index contributed by atoms with van der Waals surface area (Å²) in [5.41, 5.74) is 1.01. The largest absolute Gasteiger partial charge is 0.437 e. The van der Waals surface area contributed by atoms with Crippen LogP contribution in [0.2, 0.25) is 5.02 Å². The molecule has 2 heterocycles. The number of aromatic amines is 1. The lowest BCUT2D eigenvalue weighted by Gasteiger charge is -2.07. The zero-order chi connectivity index (χ0) is 14.1. The fraction of sp³-hybridized carbons (Fsp3) is 0.0833. The first kappa shape index (κ1) is 12.6. The smallest absolute Gasteiger partial charge is 0.250 e. The fourth-order valence-corrected chi connectivity index (χ4v) is 1.81. The number of nitrogens with one attached hydrogen (secondary N) is 2. The van der Waals surface area contributed by atoms with Crippen LogP contribution in [-0.2, 0) is 0 Å². The Hall–Kier alpha value is -2.41. The van der Waals surface area contributed by atoms with E-state index in [1.165, 1.54) is 24.5 Å². The Morgan fingerprint density at radius 1 is 1.35 bits per heavy atom. The van der Waals surface area contributed by atoms with Crippen molar-refractivity contribution in [2.75, 3.05) is 12.4 Å². The molecule has 0 saturated heterocycles. The standard InChI is InChI=1S/C12H9ClFN5O/c1-15-12-18-10-9(16-5-17-10)11(19-12)20-6-2-3-8(14)7(13)4-6/h2-5H,1H3,(H2,15,16,17,18,19). The summed E-state index contributed by atoms with van der Waals surface area (Å²) in [6, 6.07) is 4.06. The van der Waals surface area contributed by atoms with Crippen molar-refractivity contribution in [3.8, 4) is 11.6 Å². The van der Waals surface area contributed by atoms with Gasteiger partial charge in [-0.25, -0.2) is 9.37 Å². The first-order valence-electron chi connectivity index (χ1n) is 5.69. The summed E-state index contributed by atoms with van der Waals surface area (Å²) in [5, 5.41) is 2.79. The molecule has 3 rings (SSSR count). The number of imidazole rings is 1. The zero-order valence-corrected chi connectivity index (χ0v) is 11.1. The predicted molar refractivity (Wildman–Crippen MR) is 72.7 cm³/mol. The third-order valence-electron chi connectivity index (χ3n) is 2.58. The summed E-state index contributed by atoms with van der Waals surface area (Å²) in [4.78, 5) is 15.3. The topological polar surface area (TPSA) is 75.7 Å². The van der Waals surface area contributed by atoms with Crippen molar-refractivity contribution in [2.45, 2.75) is 0 Å². The molecule has 0 atom stereocenters. The van der Waals surface area contributed by atoms with E-state index in [9.17, 15) is 4.39 Å². The van der Waals surface area contributed by atoms with Gasteiger partial charge in [-0.05, 0) is 12.1 Å². The summed E-state index contributed by atoms with van der Waals surface area (Å²) in [6.07, 6.45) is 1.49. The first-order valence-corrected chi connectivity index (χ1v) is 6.07. The monoisotopic (exact) mass is 293 g/mol. The van der Waals surface area contributed by atoms with E-state index in [0.717, 1.165) is 0 Å². The van der Waals surface area contributed by atoms with Crippen molar-refractivity contribution >= 4 is 28.7 Å². The van der Waals surface area contributed by atoms with E-state index >= 15 is 0 Å². The van der Waals surface area contributed by atoms with Gasteiger partial charge in [-0.3, -0.25) is 0 Å². The minimum Gasteiger partial charge on any atom is -0.437 e. The molecule has 102 valence electrons. The highest BCUT2D eigenvalue weighted by atomic mass is 35.5. The number of hydrogen-bond donors (Lipinski definition) is 2. The van der Waals surface area contributed by atoms with Gasteiger partial charge in [0.1, 0.15) is 17.1 Å². The second kappa shape index (κ2) is 4.93. The number of fused-ring (bicyclic) bond motifs is 1. The van der Waals surface area contributed by atoms with Crippen molar-refractivity contribution in [2.24, 2.45) is 0 Å². The van der Waals surface area contributed by atoms with Crippen LogP contribution in [0.15, 0.2) is 24.5 Å². The van der Waals surface area contributed by atoms with E-state index < -0.39 is 5.82 Å². The van der Waals surface area contributed by atoms with Crippen LogP contribution in [-0.4, -0.2) is 27.0 Å². The Morgan fingerprint density at radius 2 is 2.20 bits per heavy atom. The van der Waals surface area contributed by atoms with Gasteiger partial charge in [0.05, 0.1) is 11.3 Å². The van der Waals surface area contributed by atoms with Gasteiger partial charge in [-0.2, -0.15) is 9.97 Å². The number of rotatable bonds is 3. The van der Waals surface area contributed by atoms with E-state index in [1.54, 1.807) is 7.05 Å². The molecule has 0 radical (unpaired) electrons. The molecule has 1 aromatic carbocycles. The van der Waals surface area contributed by atoms with Crippen molar-refractivity contribution in [1.82, 2.24) is 19.9 Å². The average molecular weight is 294 g/mol. The summed E-state index contributed by atoms with van der Waals surface area (Å²) in [5.74, 6) is 0.504. The van der Waals surface area contributed by atoms with Crippen molar-refractivity contribution in [1.29, 1.82) is 0 Å². The van der Waals surface area contributed by atoms with Crippen LogP contribution in [0.4, 0.5) is 10.3 Å². The lowest BCUT2D eigenvalue weighted by Crippen LogP contribution is -1.99. The third-order valence-corrected chi connectivity index (χ3v) is 2.87. The molecule has 0 saturated carbocycles. The molecule has 0 spiro atoms. The van der Waals surface area contributed by atoms with E-state index in [1.807, 2.05) is 0 Å². The summed E-state index contributed by atoms with van der Waals surface area (Å²) in [7, 11) is 1.69. The SMILES string of the molecule is CNc1nc(Oc2ccc(F)c(Cl)c2)c2[nH]cnc2n1. The van der Waals surface area contributed by atoms with Gasteiger partial charge < -0.3 is 15.0 Å². The Labute approximate surface area is 118 Å². The number of nitrogens with zero attached hydrogens (tertiary/aromatic N) is 3. The normalized spacial score (nSPS) is 10.8. The van der Waals surface area contributed by atoms with Gasteiger partial charge in [0.2, 0.25) is 5.95 Å². The molecule has 2 aromatic heterocycles. The molecular formula is C12H9ClFN5O. The summed E-state index contributed by atoms with van der Waals surface area (Å²) in [6.45, 7) is 0. The summed E-state index contributed by atoms with van der Waals surface area (Å²) < 4.78 is 18.7. The number of hydrogen-bond acceptors (Lipinski definition) is 5. The highest BCUT2D eigenvalue weighted by Crippen LogP contribution is 2.28. The lowest BCUT2D eigenvalue weighted by molar-refractivity contribution is 0.466. The Balaban J connectivity index is 2.04. The van der Waals surface area contributed by atoms with Crippen molar-refractivity contribution in [3.63, 3.8) is 0 Å². The Morgan fingerprint density at radius 3 is 2.95 bits per heavy atom. The number of anilines is 1. The van der Waals surface area contributed by atoms with Gasteiger partial charge in [-0.15, -0.1) is 0 Å². The Bertz CT molecular complexity index is 776. The molecule has 0 aliphatic rings. The number of ether oxygens (including phenoxy) is 1. The molecule has 0 aliphatic carbocycles. The molecule has 0 aliphatic heterocycles. The molecule has 3 aromatic rings. The van der Waals surface area contributed by atoms with Crippen LogP contribution < -0.4 is 10.1 Å². The minimum atomic E-state index is -0.510. The van der Waals surface area contributed by atoms with Gasteiger partial charge in [0, 0.05) is 13.1 Å². The summed E-state index contributed by atoms with van der Waals surface area (Å²) >= 11 is 5.72. The Kier molecular flexibility index (Phi) is 3.11. The quantitative estimate of drug-likeness (QED) is 0.776. The molecule has 8 heteroatoms. The van der Waals surface area contributed by atoms with Crippen LogP contribution >= 0.6 is 11.6 Å². The molecule has 0 bridgehead atoms. The van der Waals surface area contributed by atoms with Crippen molar-refractivity contribution in [3.05, 3.63) is 35.4 Å². The van der Waals surface area contributed by atoms with Gasteiger partial charge in [0.25, 0.3) is 5.88 Å². The molecular weight excluding hydrogens is 285 g/mol. The molecule has 2 N–H and O–H groups in total. The fourth-order valence-electron chi connectivity index (χ4n) is 1.64. The maximum atomic E-state index is 13.1. The molecule has 6 nitrogen and oxygen atoms in total. The maximum Gasteiger partial charge on any atom is 0.250 e. The first-order chi connectivity index (χ1) is 9.67. The third kappa shape index (κ3) is 2.23. The predicted octanol–water partition coefficient (Wildman–Crippen LogP) is 2.98. The van der Waals surface area contributed by atoms with Crippen LogP contribution in [0.3, 0.4) is 0 Å². The van der Waals surface area contributed by atoms with E-state index in [2.05, 4.69) is 25.3 Å². The zero-order valence-electron chi connectivity index (χ0n) is 10.3. The second-order valence-electron chi connectivity index (χ2n) is 3.88. The van der Waals surface area contributed by atoms with E-state index in [-0.39, 0.29) is 10.9 Å². The molecule has 0 unspecified atom stereocenters. The number of halogens is 2. The van der Waals surface area contributed by atoms with Gasteiger partial charge >= 0.3 is 0 Å². The number of H-pyrrole nitrogens is 1. The highest BCUT2D eigenvalue weighted by Gasteiger charge is 2.12. The van der Waals surface area contributed by atoms with E-state index in [4.69, 9.17) is 16.3 Å². The number of aromatic nitrogens is 4. The maximum absolute atomic E-state index is 13.1. The molecule has 0 amide bonds. The highest BCUT2D eigenvalue weighted by molar-refractivity contribution is 6.30. The second-order valence-corrected chi connectivity index (χ2v) is 4.29. The van der Waals surface area contributed by atoms with Crippen LogP contribution in [0.5, 0.6) is 11.6 Å². The number of benzene rings is 1. The molecule has 20 heavy (non-hydrogen) atoms. The minimum absolute atomic E-state index is 0.0220. The van der Waals surface area contributed by atoms with Crippen LogP contribution in [0.1, 0.15) is 0 Å². The van der Waals surface area contributed by atoms with E-state index in [0.29, 0.717) is 22.9 Å². The average Bonchev–Trinajstić information content (AvgIpc) is 2.91.